The lowest BCUT2D eigenvalue weighted by molar-refractivity contribution is 0.0620. The number of benzene rings is 1. The highest BCUT2D eigenvalue weighted by atomic mass is 16.5. The molecule has 2 aromatic heterocycles. The van der Waals surface area contributed by atoms with Crippen molar-refractivity contribution in [1.29, 1.82) is 0 Å². The number of aromatic amines is 1. The van der Waals surface area contributed by atoms with Gasteiger partial charge in [-0.3, -0.25) is 4.79 Å². The number of nitrogens with one attached hydrogen (secondary N) is 2. The van der Waals surface area contributed by atoms with Crippen molar-refractivity contribution in [2.24, 2.45) is 0 Å². The molecule has 1 saturated carbocycles. The van der Waals surface area contributed by atoms with E-state index >= 15 is 0 Å². The first-order valence-corrected chi connectivity index (χ1v) is 10.9. The summed E-state index contributed by atoms with van der Waals surface area (Å²) in [6.45, 7) is 3.88. The molecule has 5 rings (SSSR count). The number of methoxy groups -OCH3 is 1. The first-order valence-electron chi connectivity index (χ1n) is 10.9. The number of anilines is 1. The molecule has 7 heteroatoms. The molecule has 0 radical (unpaired) electrons. The molecule has 1 aliphatic heterocycles. The molecule has 31 heavy (non-hydrogen) atoms. The van der Waals surface area contributed by atoms with Gasteiger partial charge in [-0.2, -0.15) is 4.98 Å². The van der Waals surface area contributed by atoms with E-state index in [2.05, 4.69) is 20.3 Å². The van der Waals surface area contributed by atoms with Gasteiger partial charge < -0.3 is 19.8 Å². The Labute approximate surface area is 181 Å². The summed E-state index contributed by atoms with van der Waals surface area (Å²) >= 11 is 0. The van der Waals surface area contributed by atoms with E-state index in [1.54, 1.807) is 7.11 Å². The van der Waals surface area contributed by atoms with Crippen LogP contribution in [-0.2, 0) is 4.74 Å². The lowest BCUT2D eigenvalue weighted by Crippen LogP contribution is -2.35. The van der Waals surface area contributed by atoms with Gasteiger partial charge in [-0.15, -0.1) is 0 Å². The zero-order chi connectivity index (χ0) is 21.6. The summed E-state index contributed by atoms with van der Waals surface area (Å²) in [4.78, 5) is 24.9. The van der Waals surface area contributed by atoms with Crippen LogP contribution in [-0.4, -0.2) is 45.6 Å². The van der Waals surface area contributed by atoms with E-state index in [1.807, 2.05) is 44.4 Å². The summed E-state index contributed by atoms with van der Waals surface area (Å²) in [5.74, 6) is 1.40. The number of hydrogen-bond acceptors (Lipinski definition) is 6. The maximum atomic E-state index is 12.4. The number of H-pyrrole nitrogens is 1. The van der Waals surface area contributed by atoms with Crippen LogP contribution in [0.15, 0.2) is 30.6 Å². The Morgan fingerprint density at radius 2 is 2.00 bits per heavy atom. The summed E-state index contributed by atoms with van der Waals surface area (Å²) in [5.41, 5.74) is 2.90. The van der Waals surface area contributed by atoms with E-state index in [-0.39, 0.29) is 5.78 Å². The molecule has 7 nitrogen and oxygen atoms in total. The minimum atomic E-state index is -0.491. The lowest BCUT2D eigenvalue weighted by Gasteiger charge is -2.31. The van der Waals surface area contributed by atoms with Crippen molar-refractivity contribution in [3.8, 4) is 16.9 Å². The van der Waals surface area contributed by atoms with Crippen molar-refractivity contribution in [3.63, 3.8) is 0 Å². The summed E-state index contributed by atoms with van der Waals surface area (Å²) in [6, 6.07) is 6.13. The van der Waals surface area contributed by atoms with Crippen LogP contribution in [0.1, 0.15) is 56.3 Å². The lowest BCUT2D eigenvalue weighted by atomic mass is 9.91. The van der Waals surface area contributed by atoms with Crippen molar-refractivity contribution in [2.75, 3.05) is 12.4 Å². The molecule has 1 fully saturated rings. The van der Waals surface area contributed by atoms with Crippen LogP contribution in [0.2, 0.25) is 0 Å². The van der Waals surface area contributed by atoms with Crippen LogP contribution in [0.5, 0.6) is 5.75 Å². The van der Waals surface area contributed by atoms with Gasteiger partial charge in [-0.1, -0.05) is 6.07 Å². The van der Waals surface area contributed by atoms with Gasteiger partial charge in [0.05, 0.1) is 18.1 Å². The molecule has 3 aromatic rings. The van der Waals surface area contributed by atoms with Crippen molar-refractivity contribution in [1.82, 2.24) is 15.0 Å². The molecule has 2 N–H and O–H groups in total. The second-order valence-corrected chi connectivity index (χ2v) is 9.18. The normalized spacial score (nSPS) is 22.7. The highest BCUT2D eigenvalue weighted by molar-refractivity contribution is 6.02. The summed E-state index contributed by atoms with van der Waals surface area (Å²) in [7, 11) is 1.78. The number of fused-ring (bicyclic) bond motifs is 2. The van der Waals surface area contributed by atoms with Crippen molar-refractivity contribution >= 4 is 22.8 Å². The van der Waals surface area contributed by atoms with Gasteiger partial charge in [0.15, 0.2) is 5.78 Å². The molecule has 0 spiro atoms. The molecular weight excluding hydrogens is 392 g/mol. The summed E-state index contributed by atoms with van der Waals surface area (Å²) in [5, 5.41) is 4.41. The SMILES string of the molecule is COC1CCC(Nc2ncc3c(-c4ccc5c(c4)OC(C)(C)CC5=O)c[nH]c3n2)CC1. The standard InChI is InChI=1S/C24H28N4O3/c1-24(2)11-20(29)17-9-4-14(10-21(17)31-24)18-12-25-22-19(18)13-26-23(28-22)27-15-5-7-16(30-3)8-6-15/h4,9-10,12-13,15-16H,5-8,11H2,1-3H3,(H2,25,26,27,28). The van der Waals surface area contributed by atoms with Crippen molar-refractivity contribution in [2.45, 2.75) is 63.7 Å². The fourth-order valence-corrected chi connectivity index (χ4v) is 4.66. The Morgan fingerprint density at radius 3 is 2.77 bits per heavy atom. The number of aromatic nitrogens is 3. The minimum absolute atomic E-state index is 0.121. The number of ketones is 1. The molecule has 1 aliphatic carbocycles. The third-order valence-electron chi connectivity index (χ3n) is 6.34. The van der Waals surface area contributed by atoms with Crippen LogP contribution < -0.4 is 10.1 Å². The molecule has 0 amide bonds. The van der Waals surface area contributed by atoms with E-state index in [0.29, 0.717) is 35.8 Å². The van der Waals surface area contributed by atoms with Crippen molar-refractivity contribution in [3.05, 3.63) is 36.2 Å². The van der Waals surface area contributed by atoms with Gasteiger partial charge >= 0.3 is 0 Å². The Morgan fingerprint density at radius 1 is 1.19 bits per heavy atom. The van der Waals surface area contributed by atoms with Crippen LogP contribution in [0.3, 0.4) is 0 Å². The molecule has 1 aromatic carbocycles. The van der Waals surface area contributed by atoms with E-state index in [0.717, 1.165) is 47.8 Å². The summed E-state index contributed by atoms with van der Waals surface area (Å²) < 4.78 is 11.5. The molecular formula is C24H28N4O3. The number of carbonyl (C=O) groups excluding carboxylic acids is 1. The van der Waals surface area contributed by atoms with Gasteiger partial charge in [0, 0.05) is 36.5 Å². The number of hydrogen-bond donors (Lipinski definition) is 2. The number of rotatable bonds is 4. The first-order chi connectivity index (χ1) is 14.9. The van der Waals surface area contributed by atoms with Gasteiger partial charge in [-0.25, -0.2) is 4.98 Å². The van der Waals surface area contributed by atoms with E-state index in [9.17, 15) is 4.79 Å². The van der Waals surface area contributed by atoms with Gasteiger partial charge in [0.25, 0.3) is 0 Å². The molecule has 2 aliphatic rings. The zero-order valence-corrected chi connectivity index (χ0v) is 18.2. The Bertz CT molecular complexity index is 1130. The number of carbonyl (C=O) groups is 1. The number of Topliss-reactive ketones (excluding diaryl/α,β-unsaturated/α-hetero) is 1. The van der Waals surface area contributed by atoms with Gasteiger partial charge in [-0.05, 0) is 57.2 Å². The summed E-state index contributed by atoms with van der Waals surface area (Å²) in [6.07, 6.45) is 8.78. The number of ether oxygens (including phenoxy) is 2. The average Bonchev–Trinajstić information content (AvgIpc) is 3.16. The Kier molecular flexibility index (Phi) is 4.93. The fraction of sp³-hybridized carbons (Fsp3) is 0.458. The maximum absolute atomic E-state index is 12.4. The molecule has 0 bridgehead atoms. The van der Waals surface area contributed by atoms with E-state index < -0.39 is 5.60 Å². The highest BCUT2D eigenvalue weighted by Gasteiger charge is 2.32. The van der Waals surface area contributed by atoms with Crippen LogP contribution >= 0.6 is 0 Å². The topological polar surface area (TPSA) is 89.1 Å². The molecule has 162 valence electrons. The molecule has 3 heterocycles. The van der Waals surface area contributed by atoms with Gasteiger partial charge in [0.1, 0.15) is 17.0 Å². The maximum Gasteiger partial charge on any atom is 0.224 e. The monoisotopic (exact) mass is 420 g/mol. The van der Waals surface area contributed by atoms with Crippen LogP contribution in [0.4, 0.5) is 5.95 Å². The predicted molar refractivity (Wildman–Crippen MR) is 120 cm³/mol. The zero-order valence-electron chi connectivity index (χ0n) is 18.2. The Hall–Kier alpha value is -2.93. The molecule has 0 unspecified atom stereocenters. The minimum Gasteiger partial charge on any atom is -0.487 e. The number of nitrogens with zero attached hydrogens (tertiary/aromatic N) is 2. The first kappa shape index (κ1) is 20.0. The highest BCUT2D eigenvalue weighted by Crippen LogP contribution is 2.37. The smallest absolute Gasteiger partial charge is 0.224 e. The van der Waals surface area contributed by atoms with Gasteiger partial charge in [0.2, 0.25) is 5.95 Å². The second-order valence-electron chi connectivity index (χ2n) is 9.18. The average molecular weight is 421 g/mol. The largest absolute Gasteiger partial charge is 0.487 e. The third kappa shape index (κ3) is 3.90. The fourth-order valence-electron chi connectivity index (χ4n) is 4.66. The predicted octanol–water partition coefficient (Wildman–Crippen LogP) is 4.74. The Balaban J connectivity index is 1.39. The third-order valence-corrected chi connectivity index (χ3v) is 6.34. The second kappa shape index (κ2) is 7.64. The van der Waals surface area contributed by atoms with E-state index in [4.69, 9.17) is 9.47 Å². The van der Waals surface area contributed by atoms with Crippen LogP contribution in [0.25, 0.3) is 22.2 Å². The van der Waals surface area contributed by atoms with Crippen LogP contribution in [0, 0.1) is 0 Å². The quantitative estimate of drug-likeness (QED) is 0.634. The molecule has 0 atom stereocenters. The van der Waals surface area contributed by atoms with Crippen molar-refractivity contribution < 1.29 is 14.3 Å². The van der Waals surface area contributed by atoms with E-state index in [1.165, 1.54) is 0 Å². The molecule has 0 saturated heterocycles.